The Bertz CT molecular complexity index is 238. The molecule has 0 aromatic carbocycles. The fraction of sp³-hybridized carbons (Fsp3) is 0.286. The first kappa shape index (κ1) is 6.43. The standard InChI is InChI=1S/C7H7NS2/c1-3-9-5-6(1)7-8-2-4-10-7/h1,3,5H,2,4H2. The molecule has 1 aliphatic rings. The zero-order valence-electron chi connectivity index (χ0n) is 5.41. The van der Waals surface area contributed by atoms with Crippen LogP contribution in [0.15, 0.2) is 21.8 Å². The van der Waals surface area contributed by atoms with Crippen LogP contribution in [0.4, 0.5) is 0 Å². The maximum Gasteiger partial charge on any atom is 0.0986 e. The van der Waals surface area contributed by atoms with Crippen LogP contribution in [0.1, 0.15) is 5.56 Å². The van der Waals surface area contributed by atoms with E-state index in [4.69, 9.17) is 0 Å². The molecule has 1 nitrogen and oxygen atoms in total. The van der Waals surface area contributed by atoms with Gasteiger partial charge in [-0.25, -0.2) is 0 Å². The Morgan fingerprint density at radius 1 is 1.50 bits per heavy atom. The smallest absolute Gasteiger partial charge is 0.0986 e. The van der Waals surface area contributed by atoms with E-state index in [0.29, 0.717) is 0 Å². The fourth-order valence-corrected chi connectivity index (χ4v) is 2.46. The molecule has 2 rings (SSSR count). The average molecular weight is 169 g/mol. The van der Waals surface area contributed by atoms with Crippen LogP contribution in [0.3, 0.4) is 0 Å². The first-order chi connectivity index (χ1) is 4.97. The van der Waals surface area contributed by atoms with Crippen LogP contribution in [0.25, 0.3) is 0 Å². The highest BCUT2D eigenvalue weighted by atomic mass is 32.2. The number of nitrogens with zero attached hydrogens (tertiary/aromatic N) is 1. The van der Waals surface area contributed by atoms with Gasteiger partial charge < -0.3 is 0 Å². The highest BCUT2D eigenvalue weighted by Gasteiger charge is 2.08. The molecule has 1 aromatic rings. The summed E-state index contributed by atoms with van der Waals surface area (Å²) in [5.41, 5.74) is 1.30. The molecule has 1 aliphatic heterocycles. The van der Waals surface area contributed by atoms with Crippen molar-refractivity contribution in [2.45, 2.75) is 0 Å². The molecule has 0 amide bonds. The van der Waals surface area contributed by atoms with Gasteiger partial charge in [0.15, 0.2) is 0 Å². The first-order valence-corrected chi connectivity index (χ1v) is 5.09. The Balaban J connectivity index is 2.28. The van der Waals surface area contributed by atoms with Crippen LogP contribution in [-0.2, 0) is 0 Å². The second-order valence-corrected chi connectivity index (χ2v) is 3.91. The summed E-state index contributed by atoms with van der Waals surface area (Å²) in [5.74, 6) is 1.16. The second kappa shape index (κ2) is 2.76. The monoisotopic (exact) mass is 169 g/mol. The van der Waals surface area contributed by atoms with Crippen molar-refractivity contribution in [2.24, 2.45) is 4.99 Å². The summed E-state index contributed by atoms with van der Waals surface area (Å²) in [6, 6.07) is 2.13. The molecule has 0 spiro atoms. The summed E-state index contributed by atoms with van der Waals surface area (Å²) < 4.78 is 0. The van der Waals surface area contributed by atoms with Gasteiger partial charge in [0.2, 0.25) is 0 Å². The third-order valence-corrected chi connectivity index (χ3v) is 3.06. The number of aliphatic imine (C=N–C) groups is 1. The van der Waals surface area contributed by atoms with Gasteiger partial charge in [0.05, 0.1) is 5.04 Å². The van der Waals surface area contributed by atoms with Gasteiger partial charge in [0.25, 0.3) is 0 Å². The van der Waals surface area contributed by atoms with Crippen LogP contribution in [0.5, 0.6) is 0 Å². The zero-order chi connectivity index (χ0) is 6.81. The number of thiophene rings is 1. The molecular weight excluding hydrogens is 162 g/mol. The van der Waals surface area contributed by atoms with Gasteiger partial charge in [-0.1, -0.05) is 0 Å². The van der Waals surface area contributed by atoms with E-state index in [2.05, 4.69) is 21.8 Å². The van der Waals surface area contributed by atoms with E-state index in [-0.39, 0.29) is 0 Å². The van der Waals surface area contributed by atoms with Crippen molar-refractivity contribution in [3.05, 3.63) is 22.4 Å². The highest BCUT2D eigenvalue weighted by molar-refractivity contribution is 8.14. The molecule has 0 atom stereocenters. The fourth-order valence-electron chi connectivity index (χ4n) is 0.896. The van der Waals surface area contributed by atoms with Crippen molar-refractivity contribution in [1.82, 2.24) is 0 Å². The van der Waals surface area contributed by atoms with Gasteiger partial charge in [-0.2, -0.15) is 11.3 Å². The molecule has 1 aromatic heterocycles. The van der Waals surface area contributed by atoms with E-state index in [1.54, 1.807) is 11.3 Å². The maximum atomic E-state index is 4.36. The minimum Gasteiger partial charge on any atom is -0.277 e. The summed E-state index contributed by atoms with van der Waals surface area (Å²) >= 11 is 3.59. The predicted molar refractivity (Wildman–Crippen MR) is 48.2 cm³/mol. The third kappa shape index (κ3) is 1.11. The Hall–Kier alpha value is -0.280. The van der Waals surface area contributed by atoms with E-state index < -0.39 is 0 Å². The van der Waals surface area contributed by atoms with E-state index >= 15 is 0 Å². The Morgan fingerprint density at radius 2 is 2.50 bits per heavy atom. The normalized spacial score (nSPS) is 17.4. The summed E-state index contributed by atoms with van der Waals surface area (Å²) in [5, 5.41) is 5.47. The van der Waals surface area contributed by atoms with Gasteiger partial charge >= 0.3 is 0 Å². The van der Waals surface area contributed by atoms with E-state index in [1.165, 1.54) is 10.6 Å². The van der Waals surface area contributed by atoms with Crippen molar-refractivity contribution >= 4 is 28.1 Å². The minimum atomic E-state index is 0.996. The molecule has 0 fully saturated rings. The molecule has 0 unspecified atom stereocenters. The van der Waals surface area contributed by atoms with Gasteiger partial charge in [0, 0.05) is 23.2 Å². The Morgan fingerprint density at radius 3 is 3.10 bits per heavy atom. The average Bonchev–Trinajstić information content (AvgIpc) is 2.59. The molecule has 0 bridgehead atoms. The quantitative estimate of drug-likeness (QED) is 0.628. The maximum absolute atomic E-state index is 4.36. The molecular formula is C7H7NS2. The van der Waals surface area contributed by atoms with Crippen molar-refractivity contribution in [1.29, 1.82) is 0 Å². The molecule has 0 radical (unpaired) electrons. The summed E-state index contributed by atoms with van der Waals surface area (Å²) in [4.78, 5) is 4.36. The van der Waals surface area contributed by atoms with Crippen LogP contribution in [0, 0.1) is 0 Å². The lowest BCUT2D eigenvalue weighted by molar-refractivity contribution is 1.18. The van der Waals surface area contributed by atoms with Crippen LogP contribution in [-0.4, -0.2) is 17.3 Å². The molecule has 2 heterocycles. The largest absolute Gasteiger partial charge is 0.277 e. The number of thioether (sulfide) groups is 1. The molecule has 0 saturated heterocycles. The SMILES string of the molecule is c1cc(C2=NCCS2)cs1. The van der Waals surface area contributed by atoms with E-state index in [0.717, 1.165) is 12.3 Å². The van der Waals surface area contributed by atoms with Crippen LogP contribution in [0.2, 0.25) is 0 Å². The molecule has 10 heavy (non-hydrogen) atoms. The van der Waals surface area contributed by atoms with Gasteiger partial charge in [-0.15, -0.1) is 11.8 Å². The Labute approximate surface area is 68.2 Å². The lowest BCUT2D eigenvalue weighted by atomic mass is 10.4. The van der Waals surface area contributed by atoms with Crippen LogP contribution >= 0.6 is 23.1 Å². The molecule has 0 saturated carbocycles. The van der Waals surface area contributed by atoms with Crippen molar-refractivity contribution in [3.63, 3.8) is 0 Å². The zero-order valence-corrected chi connectivity index (χ0v) is 7.04. The van der Waals surface area contributed by atoms with E-state index in [1.807, 2.05) is 11.8 Å². The lowest BCUT2D eigenvalue weighted by Gasteiger charge is -1.90. The van der Waals surface area contributed by atoms with Crippen molar-refractivity contribution in [3.8, 4) is 0 Å². The van der Waals surface area contributed by atoms with Crippen LogP contribution < -0.4 is 0 Å². The lowest BCUT2D eigenvalue weighted by Crippen LogP contribution is -1.85. The molecule has 3 heteroatoms. The van der Waals surface area contributed by atoms with Gasteiger partial charge in [-0.3, -0.25) is 4.99 Å². The topological polar surface area (TPSA) is 12.4 Å². The number of rotatable bonds is 1. The van der Waals surface area contributed by atoms with Gasteiger partial charge in [-0.05, 0) is 11.4 Å². The highest BCUT2D eigenvalue weighted by Crippen LogP contribution is 2.20. The minimum absolute atomic E-state index is 0.996. The first-order valence-electron chi connectivity index (χ1n) is 3.16. The van der Waals surface area contributed by atoms with E-state index in [9.17, 15) is 0 Å². The van der Waals surface area contributed by atoms with Crippen molar-refractivity contribution < 1.29 is 0 Å². The number of hydrogen-bond acceptors (Lipinski definition) is 3. The number of hydrogen-bond donors (Lipinski definition) is 0. The Kier molecular flexibility index (Phi) is 1.78. The summed E-state index contributed by atoms with van der Waals surface area (Å²) in [6.07, 6.45) is 0. The third-order valence-electron chi connectivity index (χ3n) is 1.35. The molecule has 0 N–H and O–H groups in total. The van der Waals surface area contributed by atoms with Crippen molar-refractivity contribution in [2.75, 3.05) is 12.3 Å². The molecule has 0 aliphatic carbocycles. The van der Waals surface area contributed by atoms with Gasteiger partial charge in [0.1, 0.15) is 0 Å². The second-order valence-electron chi connectivity index (χ2n) is 2.05. The molecule has 52 valence electrons. The predicted octanol–water partition coefficient (Wildman–Crippen LogP) is 2.24. The summed E-state index contributed by atoms with van der Waals surface area (Å²) in [6.45, 7) is 0.996. The summed E-state index contributed by atoms with van der Waals surface area (Å²) in [7, 11) is 0.